The van der Waals surface area contributed by atoms with Crippen molar-refractivity contribution in [3.8, 4) is 0 Å². The molecular weight excluding hydrogens is 360 g/mol. The first kappa shape index (κ1) is 18.8. The standard InChI is InChI=1S/C20H18N4O4/c25-23(26)19-10-3-1-6-15(19)13-21-17-8-5-9-18(12-17)22-14-16-7-2-4-11-20(16)24(27)28/h1-12,21-22H,13-14H2. The SMILES string of the molecule is O=[N+]([O-])c1ccccc1CNc1cccc(NCc2ccccc2[N+](=O)[O-])c1. The fraction of sp³-hybridized carbons (Fsp3) is 0.100. The third kappa shape index (κ3) is 4.61. The van der Waals surface area contributed by atoms with Crippen LogP contribution in [0.15, 0.2) is 72.8 Å². The molecule has 0 aromatic heterocycles. The third-order valence-electron chi connectivity index (χ3n) is 4.21. The summed E-state index contributed by atoms with van der Waals surface area (Å²) in [7, 11) is 0. The topological polar surface area (TPSA) is 110 Å². The summed E-state index contributed by atoms with van der Waals surface area (Å²) in [4.78, 5) is 21.4. The van der Waals surface area contributed by atoms with Gasteiger partial charge in [-0.3, -0.25) is 20.2 Å². The van der Waals surface area contributed by atoms with E-state index >= 15 is 0 Å². The van der Waals surface area contributed by atoms with Crippen molar-refractivity contribution in [1.82, 2.24) is 0 Å². The lowest BCUT2D eigenvalue weighted by Gasteiger charge is -2.11. The second-order valence-corrected chi connectivity index (χ2v) is 6.06. The summed E-state index contributed by atoms with van der Waals surface area (Å²) in [6, 6.07) is 20.5. The van der Waals surface area contributed by atoms with E-state index in [1.54, 1.807) is 36.4 Å². The lowest BCUT2D eigenvalue weighted by molar-refractivity contribution is -0.385. The van der Waals surface area contributed by atoms with Gasteiger partial charge in [-0.15, -0.1) is 0 Å². The molecule has 0 unspecified atom stereocenters. The fourth-order valence-corrected chi connectivity index (χ4v) is 2.81. The summed E-state index contributed by atoms with van der Waals surface area (Å²) in [5, 5.41) is 28.5. The van der Waals surface area contributed by atoms with Crippen LogP contribution >= 0.6 is 0 Å². The second kappa shape index (κ2) is 8.63. The average Bonchev–Trinajstić information content (AvgIpc) is 2.71. The molecule has 0 saturated carbocycles. The Hall–Kier alpha value is -3.94. The Morgan fingerprint density at radius 3 is 1.50 bits per heavy atom. The predicted molar refractivity (Wildman–Crippen MR) is 107 cm³/mol. The van der Waals surface area contributed by atoms with Gasteiger partial charge in [0.25, 0.3) is 11.4 Å². The largest absolute Gasteiger partial charge is 0.381 e. The number of para-hydroxylation sites is 2. The maximum absolute atomic E-state index is 11.1. The lowest BCUT2D eigenvalue weighted by Crippen LogP contribution is -2.05. The number of nitro benzene ring substituents is 2. The van der Waals surface area contributed by atoms with Crippen LogP contribution in [0.2, 0.25) is 0 Å². The predicted octanol–water partition coefficient (Wildman–Crippen LogP) is 4.73. The van der Waals surface area contributed by atoms with E-state index in [1.807, 2.05) is 24.3 Å². The first-order valence-electron chi connectivity index (χ1n) is 8.57. The van der Waals surface area contributed by atoms with Gasteiger partial charge in [-0.25, -0.2) is 0 Å². The molecule has 0 fully saturated rings. The molecule has 0 atom stereocenters. The zero-order chi connectivity index (χ0) is 19.9. The van der Waals surface area contributed by atoms with E-state index in [2.05, 4.69) is 10.6 Å². The molecule has 0 amide bonds. The number of benzene rings is 3. The molecule has 8 heteroatoms. The number of hydrogen-bond acceptors (Lipinski definition) is 6. The Labute approximate surface area is 161 Å². The minimum absolute atomic E-state index is 0.0701. The van der Waals surface area contributed by atoms with Crippen molar-refractivity contribution in [1.29, 1.82) is 0 Å². The maximum Gasteiger partial charge on any atom is 0.274 e. The third-order valence-corrected chi connectivity index (χ3v) is 4.21. The maximum atomic E-state index is 11.1. The Morgan fingerprint density at radius 2 is 1.07 bits per heavy atom. The van der Waals surface area contributed by atoms with Crippen LogP contribution in [0.25, 0.3) is 0 Å². The highest BCUT2D eigenvalue weighted by atomic mass is 16.6. The van der Waals surface area contributed by atoms with Gasteiger partial charge >= 0.3 is 0 Å². The summed E-state index contributed by atoms with van der Waals surface area (Å²) >= 11 is 0. The molecule has 0 aliphatic rings. The summed E-state index contributed by atoms with van der Waals surface area (Å²) < 4.78 is 0. The number of hydrogen-bond donors (Lipinski definition) is 2. The molecule has 8 nitrogen and oxygen atoms in total. The van der Waals surface area contributed by atoms with Crippen molar-refractivity contribution in [2.24, 2.45) is 0 Å². The van der Waals surface area contributed by atoms with E-state index in [9.17, 15) is 20.2 Å². The highest BCUT2D eigenvalue weighted by Crippen LogP contribution is 2.22. The molecule has 0 heterocycles. The van der Waals surface area contributed by atoms with Gasteiger partial charge in [-0.2, -0.15) is 0 Å². The van der Waals surface area contributed by atoms with Gasteiger partial charge in [0.1, 0.15) is 0 Å². The zero-order valence-corrected chi connectivity index (χ0v) is 14.9. The van der Waals surface area contributed by atoms with Crippen LogP contribution < -0.4 is 10.6 Å². The van der Waals surface area contributed by atoms with Crippen molar-refractivity contribution in [2.45, 2.75) is 13.1 Å². The quantitative estimate of drug-likeness (QED) is 0.433. The molecule has 0 spiro atoms. The molecule has 3 aromatic carbocycles. The van der Waals surface area contributed by atoms with Gasteiger partial charge in [0.2, 0.25) is 0 Å². The normalized spacial score (nSPS) is 10.3. The Bertz CT molecular complexity index is 930. The number of rotatable bonds is 8. The average molecular weight is 378 g/mol. The molecule has 3 aromatic rings. The molecule has 0 aliphatic carbocycles. The smallest absolute Gasteiger partial charge is 0.274 e. The van der Waals surface area contributed by atoms with Crippen LogP contribution in [0.1, 0.15) is 11.1 Å². The van der Waals surface area contributed by atoms with Gasteiger partial charge in [-0.05, 0) is 18.2 Å². The molecule has 0 saturated heterocycles. The zero-order valence-electron chi connectivity index (χ0n) is 14.9. The van der Waals surface area contributed by atoms with Gasteiger partial charge in [0.05, 0.1) is 9.85 Å². The first-order chi connectivity index (χ1) is 13.5. The highest BCUT2D eigenvalue weighted by molar-refractivity contribution is 5.58. The van der Waals surface area contributed by atoms with Crippen molar-refractivity contribution in [3.05, 3.63) is 104 Å². The number of anilines is 2. The van der Waals surface area contributed by atoms with Crippen LogP contribution in [0.5, 0.6) is 0 Å². The molecule has 0 aliphatic heterocycles. The van der Waals surface area contributed by atoms with E-state index < -0.39 is 9.85 Å². The second-order valence-electron chi connectivity index (χ2n) is 6.06. The van der Waals surface area contributed by atoms with E-state index in [-0.39, 0.29) is 11.4 Å². The number of nitro groups is 2. The summed E-state index contributed by atoms with van der Waals surface area (Å²) in [5.41, 5.74) is 2.88. The first-order valence-corrected chi connectivity index (χ1v) is 8.57. The molecule has 0 radical (unpaired) electrons. The number of nitrogens with zero attached hydrogens (tertiary/aromatic N) is 2. The van der Waals surface area contributed by atoms with Crippen molar-refractivity contribution in [3.63, 3.8) is 0 Å². The van der Waals surface area contributed by atoms with E-state index in [4.69, 9.17) is 0 Å². The van der Waals surface area contributed by atoms with Crippen molar-refractivity contribution >= 4 is 22.7 Å². The van der Waals surface area contributed by atoms with Crippen LogP contribution in [0, 0.1) is 20.2 Å². The van der Waals surface area contributed by atoms with E-state index in [1.165, 1.54) is 12.1 Å². The van der Waals surface area contributed by atoms with Gasteiger partial charge in [-0.1, -0.05) is 42.5 Å². The van der Waals surface area contributed by atoms with Crippen molar-refractivity contribution < 1.29 is 9.85 Å². The lowest BCUT2D eigenvalue weighted by atomic mass is 10.1. The van der Waals surface area contributed by atoms with Crippen molar-refractivity contribution in [2.75, 3.05) is 10.6 Å². The highest BCUT2D eigenvalue weighted by Gasteiger charge is 2.13. The van der Waals surface area contributed by atoms with Crippen LogP contribution in [-0.4, -0.2) is 9.85 Å². The Morgan fingerprint density at radius 1 is 0.643 bits per heavy atom. The summed E-state index contributed by atoms with van der Waals surface area (Å²) in [5.74, 6) is 0. The summed E-state index contributed by atoms with van der Waals surface area (Å²) in [6.07, 6.45) is 0. The molecule has 0 bridgehead atoms. The summed E-state index contributed by atoms with van der Waals surface area (Å²) in [6.45, 7) is 0.621. The monoisotopic (exact) mass is 378 g/mol. The van der Waals surface area contributed by atoms with Crippen LogP contribution in [0.4, 0.5) is 22.7 Å². The van der Waals surface area contributed by atoms with Crippen LogP contribution in [-0.2, 0) is 13.1 Å². The minimum atomic E-state index is -0.401. The minimum Gasteiger partial charge on any atom is -0.381 e. The van der Waals surface area contributed by atoms with Gasteiger partial charge in [0, 0.05) is 47.7 Å². The molecule has 142 valence electrons. The van der Waals surface area contributed by atoms with Gasteiger partial charge in [0.15, 0.2) is 0 Å². The van der Waals surface area contributed by atoms with E-state index in [0.29, 0.717) is 24.2 Å². The Balaban J connectivity index is 1.67. The van der Waals surface area contributed by atoms with E-state index in [0.717, 1.165) is 11.4 Å². The fourth-order valence-electron chi connectivity index (χ4n) is 2.81. The molecule has 2 N–H and O–H groups in total. The van der Waals surface area contributed by atoms with Gasteiger partial charge < -0.3 is 10.6 Å². The molecule has 28 heavy (non-hydrogen) atoms. The number of nitrogens with one attached hydrogen (secondary N) is 2. The molecular formula is C20H18N4O4. The van der Waals surface area contributed by atoms with Crippen LogP contribution in [0.3, 0.4) is 0 Å². The Kier molecular flexibility index (Phi) is 5.81. The molecule has 3 rings (SSSR count).